The second kappa shape index (κ2) is 8.35. The molecular weight excluding hydrogens is 407 g/mol. The summed E-state index contributed by atoms with van der Waals surface area (Å²) < 4.78 is 46.6. The zero-order chi connectivity index (χ0) is 21.3. The lowest BCUT2D eigenvalue weighted by Crippen LogP contribution is -2.52. The molecule has 0 aromatic heterocycles. The lowest BCUT2D eigenvalue weighted by Gasteiger charge is -2.38. The van der Waals surface area contributed by atoms with Crippen LogP contribution in [-0.4, -0.2) is 43.4 Å². The number of hydrogen-bond donors (Lipinski definition) is 1. The minimum absolute atomic E-state index is 0.105. The van der Waals surface area contributed by atoms with Crippen molar-refractivity contribution in [1.82, 2.24) is 9.62 Å². The monoisotopic (exact) mass is 432 g/mol. The minimum Gasteiger partial charge on any atom is -0.494 e. The van der Waals surface area contributed by atoms with Gasteiger partial charge in [0.25, 0.3) is 5.91 Å². The third-order valence-electron chi connectivity index (χ3n) is 5.82. The molecule has 2 bridgehead atoms. The Morgan fingerprint density at radius 1 is 1.07 bits per heavy atom. The maximum absolute atomic E-state index is 13.3. The van der Waals surface area contributed by atoms with Crippen molar-refractivity contribution in [3.63, 3.8) is 0 Å². The number of nitrogens with one attached hydrogen (secondary N) is 1. The van der Waals surface area contributed by atoms with Gasteiger partial charge in [0, 0.05) is 23.7 Å². The molecule has 2 heterocycles. The van der Waals surface area contributed by atoms with Crippen LogP contribution < -0.4 is 10.1 Å². The van der Waals surface area contributed by atoms with E-state index in [0.29, 0.717) is 30.8 Å². The second-order valence-corrected chi connectivity index (χ2v) is 9.62. The van der Waals surface area contributed by atoms with Gasteiger partial charge in [-0.05, 0) is 81.1 Å². The Hall–Kier alpha value is -2.45. The third-order valence-corrected chi connectivity index (χ3v) is 7.84. The first-order chi connectivity index (χ1) is 14.4. The maximum atomic E-state index is 13.3. The number of halogens is 1. The summed E-state index contributed by atoms with van der Waals surface area (Å²) in [5.74, 6) is -0.0127. The zero-order valence-electron chi connectivity index (χ0n) is 16.8. The van der Waals surface area contributed by atoms with Crippen molar-refractivity contribution in [3.8, 4) is 5.75 Å². The Kier molecular flexibility index (Phi) is 5.79. The van der Waals surface area contributed by atoms with E-state index in [4.69, 9.17) is 4.74 Å². The van der Waals surface area contributed by atoms with E-state index >= 15 is 0 Å². The third kappa shape index (κ3) is 4.06. The molecule has 2 atom stereocenters. The molecule has 2 saturated heterocycles. The highest BCUT2D eigenvalue weighted by atomic mass is 32.2. The Labute approximate surface area is 176 Å². The number of sulfonamides is 1. The lowest BCUT2D eigenvalue weighted by molar-refractivity contribution is 0.0909. The Balaban J connectivity index is 1.45. The summed E-state index contributed by atoms with van der Waals surface area (Å²) in [6, 6.07) is 11.5. The van der Waals surface area contributed by atoms with Crippen LogP contribution in [0.4, 0.5) is 4.39 Å². The molecule has 4 rings (SSSR count). The van der Waals surface area contributed by atoms with Gasteiger partial charge in [-0.3, -0.25) is 4.79 Å². The number of ether oxygens (including phenoxy) is 1. The van der Waals surface area contributed by atoms with Gasteiger partial charge in [0.05, 0.1) is 11.5 Å². The van der Waals surface area contributed by atoms with E-state index in [2.05, 4.69) is 5.32 Å². The van der Waals surface area contributed by atoms with Gasteiger partial charge in [0.1, 0.15) is 11.6 Å². The number of rotatable bonds is 6. The van der Waals surface area contributed by atoms with Crippen molar-refractivity contribution in [2.45, 2.75) is 55.6 Å². The van der Waals surface area contributed by atoms with Gasteiger partial charge in [0.15, 0.2) is 0 Å². The first-order valence-corrected chi connectivity index (χ1v) is 11.7. The van der Waals surface area contributed by atoms with Crippen molar-refractivity contribution < 1.29 is 22.3 Å². The van der Waals surface area contributed by atoms with Gasteiger partial charge in [0.2, 0.25) is 10.0 Å². The zero-order valence-corrected chi connectivity index (χ0v) is 17.6. The number of nitrogens with zero attached hydrogens (tertiary/aromatic N) is 1. The SMILES string of the molecule is CCOc1ccc(S(=O)(=O)N2C3CCC2CC(NC(=O)c2ccc(F)cc2)C3)cc1. The van der Waals surface area contributed by atoms with E-state index in [0.717, 1.165) is 12.8 Å². The van der Waals surface area contributed by atoms with Crippen LogP contribution in [0.3, 0.4) is 0 Å². The highest BCUT2D eigenvalue weighted by molar-refractivity contribution is 7.89. The molecule has 0 saturated carbocycles. The molecule has 8 heteroatoms. The first-order valence-electron chi connectivity index (χ1n) is 10.2. The van der Waals surface area contributed by atoms with Crippen molar-refractivity contribution in [2.24, 2.45) is 0 Å². The highest BCUT2D eigenvalue weighted by Crippen LogP contribution is 2.40. The standard InChI is InChI=1S/C22H25FN2O4S/c1-2-29-20-9-11-21(12-10-20)30(27,28)25-18-7-8-19(25)14-17(13-18)24-22(26)15-3-5-16(23)6-4-15/h3-6,9-12,17-19H,2,7-8,13-14H2,1H3,(H,24,26). The minimum atomic E-state index is -3.62. The van der Waals surface area contributed by atoms with Crippen molar-refractivity contribution in [3.05, 3.63) is 59.9 Å². The summed E-state index contributed by atoms with van der Waals surface area (Å²) in [5.41, 5.74) is 0.396. The van der Waals surface area contributed by atoms with Crippen LogP contribution in [0.5, 0.6) is 5.75 Å². The smallest absolute Gasteiger partial charge is 0.251 e. The molecule has 2 aromatic rings. The number of fused-ring (bicyclic) bond motifs is 2. The second-order valence-electron chi connectivity index (χ2n) is 7.77. The Morgan fingerprint density at radius 2 is 1.67 bits per heavy atom. The molecule has 6 nitrogen and oxygen atoms in total. The normalized spacial score (nSPS) is 23.9. The Bertz CT molecular complexity index is 994. The van der Waals surface area contributed by atoms with Gasteiger partial charge < -0.3 is 10.1 Å². The van der Waals surface area contributed by atoms with Crippen LogP contribution in [0.15, 0.2) is 53.4 Å². The summed E-state index contributed by atoms with van der Waals surface area (Å²) in [6.07, 6.45) is 2.70. The van der Waals surface area contributed by atoms with Crippen LogP contribution in [0.25, 0.3) is 0 Å². The fourth-order valence-electron chi connectivity index (χ4n) is 4.51. The number of piperidine rings is 1. The van der Waals surface area contributed by atoms with E-state index in [1.54, 1.807) is 28.6 Å². The molecule has 1 N–H and O–H groups in total. The topological polar surface area (TPSA) is 75.7 Å². The van der Waals surface area contributed by atoms with Gasteiger partial charge in [-0.25, -0.2) is 12.8 Å². The fraction of sp³-hybridized carbons (Fsp3) is 0.409. The van der Waals surface area contributed by atoms with Crippen molar-refractivity contribution >= 4 is 15.9 Å². The van der Waals surface area contributed by atoms with E-state index in [1.807, 2.05) is 6.92 Å². The average molecular weight is 433 g/mol. The summed E-state index contributed by atoms with van der Waals surface area (Å²) >= 11 is 0. The van der Waals surface area contributed by atoms with Gasteiger partial charge in [-0.2, -0.15) is 4.31 Å². The highest BCUT2D eigenvalue weighted by Gasteiger charge is 2.47. The number of carbonyl (C=O) groups excluding carboxylic acids is 1. The molecule has 2 unspecified atom stereocenters. The quantitative estimate of drug-likeness (QED) is 0.760. The van der Waals surface area contributed by atoms with Crippen molar-refractivity contribution in [1.29, 1.82) is 0 Å². The predicted octanol–water partition coefficient (Wildman–Crippen LogP) is 3.34. The molecule has 0 radical (unpaired) electrons. The van der Waals surface area contributed by atoms with Crippen LogP contribution in [0, 0.1) is 5.82 Å². The van der Waals surface area contributed by atoms with Crippen LogP contribution >= 0.6 is 0 Å². The largest absolute Gasteiger partial charge is 0.494 e. The summed E-state index contributed by atoms with van der Waals surface area (Å²) in [7, 11) is -3.62. The average Bonchev–Trinajstić information content (AvgIpc) is 3.01. The molecule has 2 fully saturated rings. The summed E-state index contributed by atoms with van der Waals surface area (Å²) in [4.78, 5) is 12.7. The molecule has 30 heavy (non-hydrogen) atoms. The predicted molar refractivity (Wildman–Crippen MR) is 110 cm³/mol. The molecular formula is C22H25FN2O4S. The van der Waals surface area contributed by atoms with Crippen LogP contribution in [-0.2, 0) is 10.0 Å². The number of carbonyl (C=O) groups is 1. The molecule has 0 spiro atoms. The first kappa shape index (κ1) is 20.8. The van der Waals surface area contributed by atoms with E-state index in [-0.39, 0.29) is 28.9 Å². The summed E-state index contributed by atoms with van der Waals surface area (Å²) in [5, 5.41) is 2.99. The van der Waals surface area contributed by atoms with Crippen molar-refractivity contribution in [2.75, 3.05) is 6.61 Å². The number of amides is 1. The molecule has 160 valence electrons. The van der Waals surface area contributed by atoms with Crippen LogP contribution in [0.2, 0.25) is 0 Å². The molecule has 0 aliphatic carbocycles. The van der Waals surface area contributed by atoms with Gasteiger partial charge in [-0.1, -0.05) is 0 Å². The molecule has 2 aliphatic heterocycles. The maximum Gasteiger partial charge on any atom is 0.251 e. The Morgan fingerprint density at radius 3 is 2.23 bits per heavy atom. The lowest BCUT2D eigenvalue weighted by atomic mass is 9.99. The fourth-order valence-corrected chi connectivity index (χ4v) is 6.40. The van der Waals surface area contributed by atoms with Gasteiger partial charge in [-0.15, -0.1) is 0 Å². The molecule has 1 amide bonds. The number of benzene rings is 2. The summed E-state index contributed by atoms with van der Waals surface area (Å²) in [6.45, 7) is 2.40. The van der Waals surface area contributed by atoms with Crippen LogP contribution in [0.1, 0.15) is 43.0 Å². The van der Waals surface area contributed by atoms with Gasteiger partial charge >= 0.3 is 0 Å². The van der Waals surface area contributed by atoms with E-state index in [1.165, 1.54) is 24.3 Å². The molecule has 2 aliphatic rings. The number of hydrogen-bond acceptors (Lipinski definition) is 4. The molecule has 2 aromatic carbocycles. The van der Waals surface area contributed by atoms with E-state index < -0.39 is 15.8 Å². The van der Waals surface area contributed by atoms with E-state index in [9.17, 15) is 17.6 Å².